The second-order valence-corrected chi connectivity index (χ2v) is 8.89. The Kier molecular flexibility index (Phi) is 4.94. The number of aliphatic carboxylic acids is 1. The Morgan fingerprint density at radius 1 is 1.50 bits per heavy atom. The van der Waals surface area contributed by atoms with Crippen LogP contribution in [0.15, 0.2) is 10.6 Å². The maximum absolute atomic E-state index is 12.4. The average molecular weight is 408 g/mol. The van der Waals surface area contributed by atoms with Crippen LogP contribution in [0, 0.1) is 11.8 Å². The van der Waals surface area contributed by atoms with E-state index in [-0.39, 0.29) is 41.4 Å². The molecule has 2 fully saturated rings. The highest BCUT2D eigenvalue weighted by molar-refractivity contribution is 8.03. The summed E-state index contributed by atoms with van der Waals surface area (Å²) in [7, 11) is 0. The van der Waals surface area contributed by atoms with Gasteiger partial charge in [-0.3, -0.25) is 9.89 Å². The average Bonchev–Trinajstić information content (AvgIpc) is 3.33. The number of nitrogens with zero attached hydrogens (tertiary/aromatic N) is 3. The zero-order valence-electron chi connectivity index (χ0n) is 15.6. The number of nitrogens with two attached hydrogens (primary N) is 1. The smallest absolute Gasteiger partial charge is 0.353 e. The normalized spacial score (nSPS) is 33.2. The number of H-pyrrole nitrogens is 1. The topological polar surface area (TPSA) is 157 Å². The van der Waals surface area contributed by atoms with Gasteiger partial charge in [-0.15, -0.1) is 11.8 Å². The van der Waals surface area contributed by atoms with E-state index >= 15 is 0 Å². The number of amides is 1. The summed E-state index contributed by atoms with van der Waals surface area (Å²) in [5.74, 6) is -0.788. The van der Waals surface area contributed by atoms with Crippen LogP contribution in [0.3, 0.4) is 0 Å². The Hall–Kier alpha value is -1.95. The molecule has 0 unspecified atom stereocenters. The fourth-order valence-electron chi connectivity index (χ4n) is 4.42. The van der Waals surface area contributed by atoms with E-state index in [1.807, 2.05) is 6.92 Å². The molecule has 1 aromatic rings. The van der Waals surface area contributed by atoms with Crippen molar-refractivity contribution in [2.75, 3.05) is 6.54 Å². The fraction of sp³-hybridized carbons (Fsp3) is 0.647. The molecular formula is C17H24N6O4S. The van der Waals surface area contributed by atoms with Crippen LogP contribution in [0.1, 0.15) is 38.0 Å². The van der Waals surface area contributed by atoms with Gasteiger partial charge in [-0.25, -0.2) is 9.78 Å². The molecule has 3 aliphatic heterocycles. The summed E-state index contributed by atoms with van der Waals surface area (Å²) in [4.78, 5) is 30.7. The van der Waals surface area contributed by atoms with Crippen molar-refractivity contribution >= 4 is 23.6 Å². The maximum atomic E-state index is 12.4. The first-order valence-electron chi connectivity index (χ1n) is 9.33. The molecular weight excluding hydrogens is 384 g/mol. The number of rotatable bonds is 6. The number of nitrogens with one attached hydrogen (secondary N) is 2. The van der Waals surface area contributed by atoms with E-state index in [0.717, 1.165) is 12.2 Å². The first kappa shape index (κ1) is 19.4. The third kappa shape index (κ3) is 2.93. The minimum absolute atomic E-state index is 0.000222. The number of carboxylic acids is 1. The van der Waals surface area contributed by atoms with Gasteiger partial charge in [0.15, 0.2) is 5.82 Å². The second-order valence-electron chi connectivity index (χ2n) is 7.55. The number of carboxylic acid groups (broad SMARTS) is 1. The first-order chi connectivity index (χ1) is 13.3. The van der Waals surface area contributed by atoms with Crippen molar-refractivity contribution in [3.8, 4) is 0 Å². The molecule has 6 N–H and O–H groups in total. The van der Waals surface area contributed by atoms with E-state index < -0.39 is 18.0 Å². The van der Waals surface area contributed by atoms with E-state index in [0.29, 0.717) is 17.3 Å². The Morgan fingerprint density at radius 2 is 2.25 bits per heavy atom. The molecule has 152 valence electrons. The lowest BCUT2D eigenvalue weighted by molar-refractivity contribution is -0.163. The number of β-lactam (4-membered cyclic amide) rings is 1. The Labute approximate surface area is 165 Å². The number of aliphatic hydroxyl groups is 1. The molecule has 0 aliphatic carbocycles. The van der Waals surface area contributed by atoms with Gasteiger partial charge < -0.3 is 26.2 Å². The molecule has 11 heteroatoms. The molecule has 28 heavy (non-hydrogen) atoms. The molecule has 10 nitrogen and oxygen atoms in total. The van der Waals surface area contributed by atoms with Crippen LogP contribution in [0.25, 0.3) is 0 Å². The van der Waals surface area contributed by atoms with Crippen molar-refractivity contribution < 1.29 is 19.8 Å². The lowest BCUT2D eigenvalue weighted by Crippen LogP contribution is -2.63. The van der Waals surface area contributed by atoms with E-state index in [9.17, 15) is 19.8 Å². The van der Waals surface area contributed by atoms with Crippen molar-refractivity contribution in [2.45, 2.75) is 50.3 Å². The van der Waals surface area contributed by atoms with E-state index in [2.05, 4.69) is 20.5 Å². The lowest BCUT2D eigenvalue weighted by atomic mass is 9.79. The number of hydrogen-bond donors (Lipinski definition) is 5. The molecule has 0 bridgehead atoms. The largest absolute Gasteiger partial charge is 0.477 e. The monoisotopic (exact) mass is 408 g/mol. The fourth-order valence-corrected chi connectivity index (χ4v) is 5.90. The van der Waals surface area contributed by atoms with Crippen molar-refractivity contribution in [3.05, 3.63) is 22.3 Å². The summed E-state index contributed by atoms with van der Waals surface area (Å²) in [6.45, 7) is 4.47. The quantitative estimate of drug-likeness (QED) is 0.393. The maximum Gasteiger partial charge on any atom is 0.353 e. The predicted octanol–water partition coefficient (Wildman–Crippen LogP) is -0.447. The SMILES string of the molecule is C[C@@H](O)[C@H]1C(=O)N2C(C(=O)O)=C(S[C@@H]3CN[C@H](c4nc(CN)n[nH]4)C3)[C@H](C)[C@H]12. The third-order valence-corrected chi connectivity index (χ3v) is 7.27. The number of carbonyl (C=O) groups is 2. The van der Waals surface area contributed by atoms with E-state index in [1.54, 1.807) is 6.92 Å². The molecule has 4 rings (SSSR count). The van der Waals surface area contributed by atoms with Gasteiger partial charge in [0.1, 0.15) is 11.5 Å². The number of aromatic nitrogens is 3. The minimum Gasteiger partial charge on any atom is -0.477 e. The zero-order chi connectivity index (χ0) is 20.2. The Morgan fingerprint density at radius 3 is 2.86 bits per heavy atom. The van der Waals surface area contributed by atoms with E-state index in [1.165, 1.54) is 16.7 Å². The van der Waals surface area contributed by atoms with Crippen LogP contribution in [-0.4, -0.2) is 66.1 Å². The number of thioether (sulfide) groups is 1. The molecule has 2 saturated heterocycles. The third-order valence-electron chi connectivity index (χ3n) is 5.76. The van der Waals surface area contributed by atoms with Gasteiger partial charge in [0.05, 0.1) is 30.7 Å². The molecule has 1 amide bonds. The molecule has 0 aromatic carbocycles. The van der Waals surface area contributed by atoms with Crippen molar-refractivity contribution in [2.24, 2.45) is 17.6 Å². The van der Waals surface area contributed by atoms with Gasteiger partial charge in [0.25, 0.3) is 0 Å². The molecule has 3 aliphatic rings. The molecule has 0 spiro atoms. The number of fused-ring (bicyclic) bond motifs is 1. The van der Waals surface area contributed by atoms with E-state index in [4.69, 9.17) is 5.73 Å². The lowest BCUT2D eigenvalue weighted by Gasteiger charge is -2.46. The molecule has 6 atom stereocenters. The highest BCUT2D eigenvalue weighted by Crippen LogP contribution is 2.52. The highest BCUT2D eigenvalue weighted by atomic mass is 32.2. The molecule has 1 aromatic heterocycles. The zero-order valence-corrected chi connectivity index (χ0v) is 16.4. The summed E-state index contributed by atoms with van der Waals surface area (Å²) in [5, 5.41) is 30.1. The van der Waals surface area contributed by atoms with Crippen LogP contribution in [-0.2, 0) is 16.1 Å². The Bertz CT molecular complexity index is 839. The highest BCUT2D eigenvalue weighted by Gasteiger charge is 2.60. The standard InChI is InChI=1S/C17H24N6O4S/c1-6-12-11(7(2)24)16(25)23(12)13(17(26)27)14(6)28-8-3-9(19-5-8)15-20-10(4-18)21-22-15/h6-9,11-12,19,24H,3-5,18H2,1-2H3,(H,26,27)(H,20,21,22)/t6-,7-,8+,9+,11-,12-/m1/s1. The molecule has 0 radical (unpaired) electrons. The minimum atomic E-state index is -1.10. The number of hydrogen-bond acceptors (Lipinski definition) is 8. The number of aliphatic hydroxyl groups excluding tert-OH is 1. The van der Waals surface area contributed by atoms with Crippen LogP contribution < -0.4 is 11.1 Å². The summed E-state index contributed by atoms with van der Waals surface area (Å²) >= 11 is 1.51. The van der Waals surface area contributed by atoms with Gasteiger partial charge in [-0.1, -0.05) is 6.92 Å². The van der Waals surface area contributed by atoms with Gasteiger partial charge in [-0.2, -0.15) is 5.10 Å². The summed E-state index contributed by atoms with van der Waals surface area (Å²) < 4.78 is 0. The number of carbonyl (C=O) groups excluding carboxylic acids is 1. The molecule has 0 saturated carbocycles. The van der Waals surface area contributed by atoms with Gasteiger partial charge in [-0.05, 0) is 13.3 Å². The van der Waals surface area contributed by atoms with Crippen LogP contribution in [0.2, 0.25) is 0 Å². The van der Waals surface area contributed by atoms with Gasteiger partial charge >= 0.3 is 5.97 Å². The first-order valence-corrected chi connectivity index (χ1v) is 10.2. The second kappa shape index (κ2) is 7.14. The van der Waals surface area contributed by atoms with Gasteiger partial charge in [0, 0.05) is 22.6 Å². The van der Waals surface area contributed by atoms with Crippen LogP contribution in [0.4, 0.5) is 0 Å². The van der Waals surface area contributed by atoms with Gasteiger partial charge in [0.2, 0.25) is 5.91 Å². The van der Waals surface area contributed by atoms with Crippen LogP contribution >= 0.6 is 11.8 Å². The van der Waals surface area contributed by atoms with Crippen molar-refractivity contribution in [1.29, 1.82) is 0 Å². The molecule has 4 heterocycles. The number of aromatic amines is 1. The summed E-state index contributed by atoms with van der Waals surface area (Å²) in [5.41, 5.74) is 5.62. The van der Waals surface area contributed by atoms with Crippen molar-refractivity contribution in [3.63, 3.8) is 0 Å². The Balaban J connectivity index is 1.51. The predicted molar refractivity (Wildman–Crippen MR) is 101 cm³/mol. The summed E-state index contributed by atoms with van der Waals surface area (Å²) in [6, 6.07) is -0.285. The summed E-state index contributed by atoms with van der Waals surface area (Å²) in [6.07, 6.45) is -0.0397. The van der Waals surface area contributed by atoms with Crippen LogP contribution in [0.5, 0.6) is 0 Å². The van der Waals surface area contributed by atoms with Crippen molar-refractivity contribution in [1.82, 2.24) is 25.4 Å².